The maximum absolute atomic E-state index is 11.0. The lowest BCUT2D eigenvalue weighted by molar-refractivity contribution is 0.0693. The molecular formula is C11H18N2O3S. The van der Waals surface area contributed by atoms with Gasteiger partial charge in [0.15, 0.2) is 0 Å². The molecule has 1 aromatic rings. The fraction of sp³-hybridized carbons (Fsp3) is 0.545. The van der Waals surface area contributed by atoms with Gasteiger partial charge in [-0.2, -0.15) is 11.8 Å². The standard InChI is InChI=1S/C11H18N2O3S/c1-13(2)6-10-9(11(14)15)5-8(16-10)7-17-4-3-12/h5H,3-4,6-7,12H2,1-2H3,(H,14,15). The zero-order chi connectivity index (χ0) is 12.8. The first-order valence-corrected chi connectivity index (χ1v) is 6.47. The van der Waals surface area contributed by atoms with E-state index in [1.165, 1.54) is 0 Å². The molecule has 0 fully saturated rings. The smallest absolute Gasteiger partial charge is 0.339 e. The number of thioether (sulfide) groups is 1. The fourth-order valence-electron chi connectivity index (χ4n) is 1.40. The lowest BCUT2D eigenvalue weighted by atomic mass is 10.2. The molecule has 0 saturated heterocycles. The summed E-state index contributed by atoms with van der Waals surface area (Å²) in [7, 11) is 3.74. The van der Waals surface area contributed by atoms with Gasteiger partial charge in [-0.05, 0) is 20.2 Å². The first-order chi connectivity index (χ1) is 8.04. The van der Waals surface area contributed by atoms with Crippen molar-refractivity contribution in [1.82, 2.24) is 4.90 Å². The molecule has 0 atom stereocenters. The number of nitrogens with zero attached hydrogens (tertiary/aromatic N) is 1. The molecular weight excluding hydrogens is 240 g/mol. The zero-order valence-electron chi connectivity index (χ0n) is 10.1. The first kappa shape index (κ1) is 14.1. The zero-order valence-corrected chi connectivity index (χ0v) is 10.9. The molecule has 0 radical (unpaired) electrons. The van der Waals surface area contributed by atoms with Crippen LogP contribution in [0.25, 0.3) is 0 Å². The van der Waals surface area contributed by atoms with E-state index in [2.05, 4.69) is 0 Å². The topological polar surface area (TPSA) is 79.7 Å². The lowest BCUT2D eigenvalue weighted by Crippen LogP contribution is -2.12. The SMILES string of the molecule is CN(C)Cc1oc(CSCCN)cc1C(=O)O. The van der Waals surface area contributed by atoms with E-state index in [1.807, 2.05) is 19.0 Å². The van der Waals surface area contributed by atoms with Gasteiger partial charge >= 0.3 is 5.97 Å². The summed E-state index contributed by atoms with van der Waals surface area (Å²) in [4.78, 5) is 12.9. The molecule has 1 heterocycles. The van der Waals surface area contributed by atoms with Crippen molar-refractivity contribution in [3.05, 3.63) is 23.2 Å². The van der Waals surface area contributed by atoms with Crippen LogP contribution in [0.15, 0.2) is 10.5 Å². The predicted octanol–water partition coefficient (Wildman–Crippen LogP) is 1.23. The quantitative estimate of drug-likeness (QED) is 0.716. The molecule has 3 N–H and O–H groups in total. The highest BCUT2D eigenvalue weighted by Gasteiger charge is 2.17. The number of carboxylic acids is 1. The summed E-state index contributed by atoms with van der Waals surface area (Å²) in [5, 5.41) is 9.06. The molecule has 0 saturated carbocycles. The molecule has 1 aromatic heterocycles. The molecule has 0 unspecified atom stereocenters. The number of aromatic carboxylic acids is 1. The van der Waals surface area contributed by atoms with E-state index in [0.29, 0.717) is 30.4 Å². The number of nitrogens with two attached hydrogens (primary N) is 1. The van der Waals surface area contributed by atoms with Gasteiger partial charge in [-0.25, -0.2) is 4.79 Å². The molecule has 96 valence electrons. The number of carbonyl (C=O) groups is 1. The van der Waals surface area contributed by atoms with Crippen molar-refractivity contribution in [1.29, 1.82) is 0 Å². The van der Waals surface area contributed by atoms with Crippen LogP contribution in [0, 0.1) is 0 Å². The second-order valence-electron chi connectivity index (χ2n) is 3.93. The molecule has 0 spiro atoms. The van der Waals surface area contributed by atoms with Crippen LogP contribution in [0.3, 0.4) is 0 Å². The second kappa shape index (κ2) is 6.68. The van der Waals surface area contributed by atoms with Crippen molar-refractivity contribution in [2.45, 2.75) is 12.3 Å². The van der Waals surface area contributed by atoms with E-state index in [1.54, 1.807) is 17.8 Å². The summed E-state index contributed by atoms with van der Waals surface area (Å²) in [5.74, 6) is 1.75. The molecule has 6 heteroatoms. The van der Waals surface area contributed by atoms with Gasteiger partial charge in [0.2, 0.25) is 0 Å². The Bertz CT molecular complexity index is 377. The molecule has 0 amide bonds. The number of hydrogen-bond acceptors (Lipinski definition) is 5. The lowest BCUT2D eigenvalue weighted by Gasteiger charge is -2.07. The van der Waals surface area contributed by atoms with Crippen LogP contribution in [0.1, 0.15) is 21.9 Å². The summed E-state index contributed by atoms with van der Waals surface area (Å²) < 4.78 is 5.55. The summed E-state index contributed by atoms with van der Waals surface area (Å²) >= 11 is 1.63. The third-order valence-corrected chi connectivity index (χ3v) is 3.07. The minimum absolute atomic E-state index is 0.252. The molecule has 0 aliphatic carbocycles. The number of carboxylic acid groups (broad SMARTS) is 1. The predicted molar refractivity (Wildman–Crippen MR) is 68.3 cm³/mol. The third kappa shape index (κ3) is 4.41. The average molecular weight is 258 g/mol. The van der Waals surface area contributed by atoms with Gasteiger partial charge < -0.3 is 20.2 Å². The van der Waals surface area contributed by atoms with Crippen molar-refractivity contribution in [2.75, 3.05) is 26.4 Å². The van der Waals surface area contributed by atoms with Crippen LogP contribution < -0.4 is 5.73 Å². The van der Waals surface area contributed by atoms with E-state index < -0.39 is 5.97 Å². The van der Waals surface area contributed by atoms with Crippen molar-refractivity contribution >= 4 is 17.7 Å². The first-order valence-electron chi connectivity index (χ1n) is 5.32. The number of furan rings is 1. The largest absolute Gasteiger partial charge is 0.478 e. The Morgan fingerprint density at radius 1 is 1.59 bits per heavy atom. The Balaban J connectivity index is 2.76. The van der Waals surface area contributed by atoms with Crippen LogP contribution in [0.4, 0.5) is 0 Å². The monoisotopic (exact) mass is 258 g/mol. The maximum Gasteiger partial charge on any atom is 0.339 e. The Morgan fingerprint density at radius 2 is 2.29 bits per heavy atom. The Hall–Kier alpha value is -0.980. The molecule has 0 bridgehead atoms. The summed E-state index contributed by atoms with van der Waals surface area (Å²) in [6.07, 6.45) is 0. The minimum atomic E-state index is -0.944. The van der Waals surface area contributed by atoms with Crippen LogP contribution >= 0.6 is 11.8 Å². The highest BCUT2D eigenvalue weighted by atomic mass is 32.2. The molecule has 17 heavy (non-hydrogen) atoms. The van der Waals surface area contributed by atoms with Gasteiger partial charge in [-0.3, -0.25) is 0 Å². The Labute approximate surface area is 105 Å². The van der Waals surface area contributed by atoms with Crippen LogP contribution in [0.2, 0.25) is 0 Å². The van der Waals surface area contributed by atoms with E-state index in [9.17, 15) is 4.79 Å². The van der Waals surface area contributed by atoms with Gasteiger partial charge in [-0.15, -0.1) is 0 Å². The van der Waals surface area contributed by atoms with Crippen LogP contribution in [-0.4, -0.2) is 42.4 Å². The average Bonchev–Trinajstić information content (AvgIpc) is 2.60. The molecule has 0 aromatic carbocycles. The molecule has 5 nitrogen and oxygen atoms in total. The van der Waals surface area contributed by atoms with Gasteiger partial charge in [0.1, 0.15) is 17.1 Å². The van der Waals surface area contributed by atoms with E-state index in [4.69, 9.17) is 15.3 Å². The molecule has 0 aliphatic rings. The van der Waals surface area contributed by atoms with Gasteiger partial charge in [0, 0.05) is 12.3 Å². The number of hydrogen-bond donors (Lipinski definition) is 2. The maximum atomic E-state index is 11.0. The van der Waals surface area contributed by atoms with Crippen molar-refractivity contribution in [3.63, 3.8) is 0 Å². The summed E-state index contributed by atoms with van der Waals surface area (Å²) in [6, 6.07) is 1.60. The highest BCUT2D eigenvalue weighted by Crippen LogP contribution is 2.21. The molecule has 0 aliphatic heterocycles. The summed E-state index contributed by atoms with van der Waals surface area (Å²) in [5.41, 5.74) is 5.64. The van der Waals surface area contributed by atoms with E-state index in [0.717, 1.165) is 5.75 Å². The number of rotatable bonds is 7. The van der Waals surface area contributed by atoms with Gasteiger partial charge in [0.25, 0.3) is 0 Å². The van der Waals surface area contributed by atoms with Crippen molar-refractivity contribution in [3.8, 4) is 0 Å². The van der Waals surface area contributed by atoms with Crippen molar-refractivity contribution < 1.29 is 14.3 Å². The normalized spacial score (nSPS) is 11.1. The fourth-order valence-corrected chi connectivity index (χ4v) is 2.05. The van der Waals surface area contributed by atoms with Crippen molar-refractivity contribution in [2.24, 2.45) is 5.73 Å². The van der Waals surface area contributed by atoms with Gasteiger partial charge in [-0.1, -0.05) is 0 Å². The Morgan fingerprint density at radius 3 is 2.82 bits per heavy atom. The molecule has 1 rings (SSSR count). The van der Waals surface area contributed by atoms with Gasteiger partial charge in [0.05, 0.1) is 12.3 Å². The van der Waals surface area contributed by atoms with Crippen LogP contribution in [0.5, 0.6) is 0 Å². The highest BCUT2D eigenvalue weighted by molar-refractivity contribution is 7.98. The third-order valence-electron chi connectivity index (χ3n) is 2.06. The second-order valence-corrected chi connectivity index (χ2v) is 5.04. The minimum Gasteiger partial charge on any atom is -0.478 e. The Kier molecular flexibility index (Phi) is 5.54. The van der Waals surface area contributed by atoms with E-state index in [-0.39, 0.29) is 5.56 Å². The van der Waals surface area contributed by atoms with E-state index >= 15 is 0 Å². The summed E-state index contributed by atoms with van der Waals surface area (Å²) in [6.45, 7) is 1.10. The van der Waals surface area contributed by atoms with Crippen LogP contribution in [-0.2, 0) is 12.3 Å².